The maximum Gasteiger partial charge on any atom is 0.315 e. The molecule has 8 nitrogen and oxygen atoms in total. The molecule has 1 aromatic rings. The molecule has 1 aromatic heterocycles. The largest absolute Gasteiger partial charge is 0.368 e. The molecule has 0 atom stereocenters. The van der Waals surface area contributed by atoms with Gasteiger partial charge in [-0.05, 0) is 12.8 Å². The van der Waals surface area contributed by atoms with E-state index in [1.165, 1.54) is 0 Å². The van der Waals surface area contributed by atoms with Crippen LogP contribution < -0.4 is 16.4 Å². The molecule has 0 saturated heterocycles. The molecule has 0 aliphatic heterocycles. The van der Waals surface area contributed by atoms with Crippen LogP contribution in [0.1, 0.15) is 70.0 Å². The summed E-state index contributed by atoms with van der Waals surface area (Å²) in [6.45, 7) is 4.30. The Morgan fingerprint density at radius 1 is 1.25 bits per heavy atom. The predicted octanol–water partition coefficient (Wildman–Crippen LogP) is 1.61. The molecule has 1 aliphatic rings. The average molecular weight is 337 g/mol. The SMILES string of the molecule is CC(C)c1nc(CCNC(=O)NC2(C(N)=O)CCCCCC2)no1. The first-order chi connectivity index (χ1) is 11.4. The summed E-state index contributed by atoms with van der Waals surface area (Å²) in [6, 6.07) is -0.386. The van der Waals surface area contributed by atoms with Crippen molar-refractivity contribution in [3.63, 3.8) is 0 Å². The van der Waals surface area contributed by atoms with Crippen LogP contribution in [0.25, 0.3) is 0 Å². The van der Waals surface area contributed by atoms with Crippen molar-refractivity contribution in [3.8, 4) is 0 Å². The number of hydrogen-bond acceptors (Lipinski definition) is 5. The van der Waals surface area contributed by atoms with E-state index in [-0.39, 0.29) is 11.9 Å². The van der Waals surface area contributed by atoms with Crippen LogP contribution in [0.4, 0.5) is 4.79 Å². The van der Waals surface area contributed by atoms with Crippen molar-refractivity contribution in [2.45, 2.75) is 70.3 Å². The molecule has 0 bridgehead atoms. The number of rotatable bonds is 6. The highest BCUT2D eigenvalue weighted by molar-refractivity contribution is 5.89. The van der Waals surface area contributed by atoms with Gasteiger partial charge in [-0.3, -0.25) is 4.79 Å². The van der Waals surface area contributed by atoms with E-state index < -0.39 is 11.4 Å². The van der Waals surface area contributed by atoms with Crippen molar-refractivity contribution in [1.29, 1.82) is 0 Å². The first kappa shape index (κ1) is 18.2. The Kier molecular flexibility index (Phi) is 6.16. The van der Waals surface area contributed by atoms with Gasteiger partial charge in [-0.15, -0.1) is 0 Å². The maximum atomic E-state index is 12.1. The van der Waals surface area contributed by atoms with Gasteiger partial charge in [0.15, 0.2) is 5.82 Å². The molecule has 1 aliphatic carbocycles. The molecule has 1 heterocycles. The number of hydrogen-bond donors (Lipinski definition) is 3. The minimum Gasteiger partial charge on any atom is -0.368 e. The van der Waals surface area contributed by atoms with Gasteiger partial charge in [-0.25, -0.2) is 4.79 Å². The number of primary amides is 1. The van der Waals surface area contributed by atoms with E-state index in [0.29, 0.717) is 37.5 Å². The molecule has 0 spiro atoms. The second kappa shape index (κ2) is 8.12. The van der Waals surface area contributed by atoms with Crippen LogP contribution in [0.15, 0.2) is 4.52 Å². The number of nitrogens with zero attached hydrogens (tertiary/aromatic N) is 2. The minimum absolute atomic E-state index is 0.174. The van der Waals surface area contributed by atoms with Crippen LogP contribution in [-0.2, 0) is 11.2 Å². The highest BCUT2D eigenvalue weighted by atomic mass is 16.5. The van der Waals surface area contributed by atoms with Gasteiger partial charge in [-0.1, -0.05) is 44.7 Å². The fraction of sp³-hybridized carbons (Fsp3) is 0.750. The summed E-state index contributed by atoms with van der Waals surface area (Å²) >= 11 is 0. The summed E-state index contributed by atoms with van der Waals surface area (Å²) in [5, 5.41) is 9.40. The molecule has 1 saturated carbocycles. The quantitative estimate of drug-likeness (QED) is 0.681. The Morgan fingerprint density at radius 2 is 1.92 bits per heavy atom. The minimum atomic E-state index is -0.933. The Bertz CT molecular complexity index is 562. The zero-order valence-corrected chi connectivity index (χ0v) is 14.4. The highest BCUT2D eigenvalue weighted by Gasteiger charge is 2.38. The van der Waals surface area contributed by atoms with Crippen molar-refractivity contribution in [2.24, 2.45) is 5.73 Å². The lowest BCUT2D eigenvalue weighted by Gasteiger charge is -2.30. The summed E-state index contributed by atoms with van der Waals surface area (Å²) in [6.07, 6.45) is 5.57. The fourth-order valence-corrected chi connectivity index (χ4v) is 2.92. The zero-order chi connectivity index (χ0) is 17.6. The van der Waals surface area contributed by atoms with Gasteiger partial charge in [0, 0.05) is 18.9 Å². The summed E-state index contributed by atoms with van der Waals surface area (Å²) in [4.78, 5) is 28.3. The molecule has 24 heavy (non-hydrogen) atoms. The van der Waals surface area contributed by atoms with Crippen LogP contribution >= 0.6 is 0 Å². The summed E-state index contributed by atoms with van der Waals surface area (Å²) < 4.78 is 5.12. The molecule has 0 aromatic carbocycles. The average Bonchev–Trinajstić information content (AvgIpc) is 2.86. The lowest BCUT2D eigenvalue weighted by atomic mass is 9.89. The lowest BCUT2D eigenvalue weighted by molar-refractivity contribution is -0.124. The second-order valence-electron chi connectivity index (χ2n) is 6.70. The van der Waals surface area contributed by atoms with E-state index in [2.05, 4.69) is 20.8 Å². The van der Waals surface area contributed by atoms with Gasteiger partial charge in [0.25, 0.3) is 0 Å². The second-order valence-corrected chi connectivity index (χ2v) is 6.70. The van der Waals surface area contributed by atoms with Gasteiger partial charge in [0.05, 0.1) is 0 Å². The first-order valence-electron chi connectivity index (χ1n) is 8.61. The third kappa shape index (κ3) is 4.69. The molecule has 2 rings (SSSR count). The van der Waals surface area contributed by atoms with Crippen molar-refractivity contribution in [2.75, 3.05) is 6.54 Å². The number of amides is 3. The zero-order valence-electron chi connectivity index (χ0n) is 14.4. The number of carbonyl (C=O) groups excluding carboxylic acids is 2. The third-order valence-electron chi connectivity index (χ3n) is 4.39. The summed E-state index contributed by atoms with van der Waals surface area (Å²) in [5.41, 5.74) is 4.62. The Hall–Kier alpha value is -2.12. The molecule has 4 N–H and O–H groups in total. The maximum absolute atomic E-state index is 12.1. The van der Waals surface area contributed by atoms with Gasteiger partial charge < -0.3 is 20.9 Å². The normalized spacial score (nSPS) is 17.3. The van der Waals surface area contributed by atoms with Crippen molar-refractivity contribution in [1.82, 2.24) is 20.8 Å². The van der Waals surface area contributed by atoms with E-state index in [1.54, 1.807) is 0 Å². The monoisotopic (exact) mass is 337 g/mol. The number of urea groups is 1. The summed E-state index contributed by atoms with van der Waals surface area (Å²) in [5.74, 6) is 0.853. The van der Waals surface area contributed by atoms with Crippen LogP contribution in [-0.4, -0.2) is 34.2 Å². The first-order valence-corrected chi connectivity index (χ1v) is 8.61. The van der Waals surface area contributed by atoms with Crippen molar-refractivity contribution < 1.29 is 14.1 Å². The van der Waals surface area contributed by atoms with Gasteiger partial charge in [0.2, 0.25) is 11.8 Å². The van der Waals surface area contributed by atoms with Crippen LogP contribution in [0.5, 0.6) is 0 Å². The number of nitrogens with one attached hydrogen (secondary N) is 2. The molecule has 0 unspecified atom stereocenters. The fourth-order valence-electron chi connectivity index (χ4n) is 2.92. The van der Waals surface area contributed by atoms with Crippen LogP contribution in [0, 0.1) is 0 Å². The molecule has 134 valence electrons. The number of carbonyl (C=O) groups is 2. The smallest absolute Gasteiger partial charge is 0.315 e. The third-order valence-corrected chi connectivity index (χ3v) is 4.39. The Labute approximate surface area is 141 Å². The molecule has 8 heteroatoms. The molecule has 1 fully saturated rings. The van der Waals surface area contributed by atoms with Gasteiger partial charge >= 0.3 is 6.03 Å². The lowest BCUT2D eigenvalue weighted by Crippen LogP contribution is -2.59. The summed E-state index contributed by atoms with van der Waals surface area (Å²) in [7, 11) is 0. The van der Waals surface area contributed by atoms with E-state index in [4.69, 9.17) is 10.3 Å². The van der Waals surface area contributed by atoms with Crippen LogP contribution in [0.2, 0.25) is 0 Å². The van der Waals surface area contributed by atoms with E-state index in [9.17, 15) is 9.59 Å². The van der Waals surface area contributed by atoms with Crippen molar-refractivity contribution >= 4 is 11.9 Å². The van der Waals surface area contributed by atoms with E-state index >= 15 is 0 Å². The van der Waals surface area contributed by atoms with E-state index in [1.807, 2.05) is 13.8 Å². The Balaban J connectivity index is 1.83. The standard InChI is InChI=1S/C16H27N5O3/c1-11(2)13-19-12(21-24-13)7-10-18-15(23)20-16(14(17)22)8-5-3-4-6-9-16/h11H,3-10H2,1-2H3,(H2,17,22)(H2,18,20,23). The topological polar surface area (TPSA) is 123 Å². The molecular weight excluding hydrogens is 310 g/mol. The molecular formula is C16H27N5O3. The number of aromatic nitrogens is 2. The van der Waals surface area contributed by atoms with E-state index in [0.717, 1.165) is 25.7 Å². The highest BCUT2D eigenvalue weighted by Crippen LogP contribution is 2.26. The molecule has 0 radical (unpaired) electrons. The number of nitrogens with two attached hydrogens (primary N) is 1. The van der Waals surface area contributed by atoms with Crippen LogP contribution in [0.3, 0.4) is 0 Å². The Morgan fingerprint density at radius 3 is 2.46 bits per heavy atom. The van der Waals surface area contributed by atoms with Gasteiger partial charge in [0.1, 0.15) is 5.54 Å². The van der Waals surface area contributed by atoms with Gasteiger partial charge in [-0.2, -0.15) is 4.98 Å². The van der Waals surface area contributed by atoms with Crippen molar-refractivity contribution in [3.05, 3.63) is 11.7 Å². The molecule has 3 amide bonds. The predicted molar refractivity (Wildman–Crippen MR) is 88.3 cm³/mol.